The first kappa shape index (κ1) is 24.5. The Labute approximate surface area is 202 Å². The van der Waals surface area contributed by atoms with E-state index < -0.39 is 0 Å². The molecule has 4 heteroatoms. The van der Waals surface area contributed by atoms with Crippen molar-refractivity contribution in [3.05, 3.63) is 114 Å². The second kappa shape index (κ2) is 12.2. The average Bonchev–Trinajstić information content (AvgIpc) is 2.87. The molecule has 172 valence electrons. The van der Waals surface area contributed by atoms with Crippen LogP contribution in [-0.2, 0) is 9.53 Å². The van der Waals surface area contributed by atoms with Gasteiger partial charge in [-0.05, 0) is 59.9 Å². The van der Waals surface area contributed by atoms with Crippen molar-refractivity contribution >= 4 is 11.7 Å². The molecule has 0 heterocycles. The van der Waals surface area contributed by atoms with Crippen LogP contribution in [0.25, 0.3) is 11.1 Å². The summed E-state index contributed by atoms with van der Waals surface area (Å²) in [7, 11) is 4.07. The van der Waals surface area contributed by atoms with E-state index in [1.54, 1.807) is 13.0 Å². The molecule has 0 spiro atoms. The average molecular weight is 451 g/mol. The monoisotopic (exact) mass is 450 g/mol. The van der Waals surface area contributed by atoms with Gasteiger partial charge in [0.15, 0.2) is 0 Å². The number of carbonyl (C=O) groups excluding carboxylic acids is 1. The summed E-state index contributed by atoms with van der Waals surface area (Å²) in [6.45, 7) is 2.16. The predicted octanol–water partition coefficient (Wildman–Crippen LogP) is 6.49. The van der Waals surface area contributed by atoms with E-state index in [9.17, 15) is 4.79 Å². The summed E-state index contributed by atoms with van der Waals surface area (Å²) >= 11 is 0. The van der Waals surface area contributed by atoms with Crippen LogP contribution in [0.5, 0.6) is 0 Å². The first-order chi connectivity index (χ1) is 16.5. The van der Waals surface area contributed by atoms with E-state index in [-0.39, 0.29) is 11.9 Å². The Kier molecular flexibility index (Phi) is 8.82. The molecular formula is C30H30N2O2. The molecule has 0 unspecified atom stereocenters. The van der Waals surface area contributed by atoms with Crippen LogP contribution in [-0.4, -0.2) is 26.7 Å². The summed E-state index contributed by atoms with van der Waals surface area (Å²) in [5.41, 5.74) is 6.46. The van der Waals surface area contributed by atoms with Gasteiger partial charge >= 0.3 is 5.97 Å². The summed E-state index contributed by atoms with van der Waals surface area (Å²) in [6, 6.07) is 27.0. The van der Waals surface area contributed by atoms with Crippen molar-refractivity contribution in [2.24, 2.45) is 0 Å². The minimum Gasteiger partial charge on any atom is -0.463 e. The van der Waals surface area contributed by atoms with Crippen molar-refractivity contribution in [3.63, 3.8) is 0 Å². The maximum absolute atomic E-state index is 11.5. The van der Waals surface area contributed by atoms with Crippen molar-refractivity contribution in [1.82, 2.24) is 0 Å². The minimum atomic E-state index is -0.332. The standard InChI is InChI=1S/C30H30N2O2/c1-4-34-30(33)9-7-5-6-8-29(27-18-20-28(21-19-27)32(2)3)26-16-14-25(15-17-26)24-12-10-23(22-31)11-13-24/h5-7,9-21,29H,4,8H2,1-3H3/t29-/m0/s1. The zero-order valence-electron chi connectivity index (χ0n) is 19.9. The highest BCUT2D eigenvalue weighted by molar-refractivity contribution is 5.82. The van der Waals surface area contributed by atoms with E-state index in [2.05, 4.69) is 65.6 Å². The summed E-state index contributed by atoms with van der Waals surface area (Å²) in [4.78, 5) is 13.6. The zero-order valence-corrected chi connectivity index (χ0v) is 19.9. The molecule has 0 saturated heterocycles. The van der Waals surface area contributed by atoms with Crippen LogP contribution in [0.1, 0.15) is 36.0 Å². The van der Waals surface area contributed by atoms with Gasteiger partial charge in [0.25, 0.3) is 0 Å². The maximum Gasteiger partial charge on any atom is 0.330 e. The van der Waals surface area contributed by atoms with Crippen molar-refractivity contribution in [2.75, 3.05) is 25.6 Å². The zero-order chi connectivity index (χ0) is 24.3. The molecule has 3 aromatic carbocycles. The second-order valence-corrected chi connectivity index (χ2v) is 8.12. The van der Waals surface area contributed by atoms with Gasteiger partial charge in [-0.25, -0.2) is 4.79 Å². The number of esters is 1. The van der Waals surface area contributed by atoms with Crippen LogP contribution < -0.4 is 4.90 Å². The molecule has 0 fully saturated rings. The fraction of sp³-hybridized carbons (Fsp3) is 0.200. The van der Waals surface area contributed by atoms with E-state index in [0.717, 1.165) is 23.2 Å². The molecule has 0 aliphatic carbocycles. The van der Waals surface area contributed by atoms with Crippen LogP contribution >= 0.6 is 0 Å². The maximum atomic E-state index is 11.5. The number of nitrogens with zero attached hydrogens (tertiary/aromatic N) is 2. The lowest BCUT2D eigenvalue weighted by molar-refractivity contribution is -0.137. The van der Waals surface area contributed by atoms with Gasteiger partial charge in [-0.3, -0.25) is 0 Å². The van der Waals surface area contributed by atoms with Gasteiger partial charge in [0.1, 0.15) is 0 Å². The number of rotatable bonds is 9. The third-order valence-electron chi connectivity index (χ3n) is 5.61. The molecule has 0 aromatic heterocycles. The first-order valence-corrected chi connectivity index (χ1v) is 11.4. The highest BCUT2D eigenvalue weighted by atomic mass is 16.5. The number of hydrogen-bond acceptors (Lipinski definition) is 4. The molecular weight excluding hydrogens is 420 g/mol. The van der Waals surface area contributed by atoms with Gasteiger partial charge in [-0.1, -0.05) is 66.8 Å². The molecule has 0 amide bonds. The van der Waals surface area contributed by atoms with Crippen molar-refractivity contribution in [1.29, 1.82) is 5.26 Å². The van der Waals surface area contributed by atoms with Crippen LogP contribution in [0, 0.1) is 11.3 Å². The lowest BCUT2D eigenvalue weighted by Crippen LogP contribution is -2.08. The fourth-order valence-electron chi connectivity index (χ4n) is 3.73. The smallest absolute Gasteiger partial charge is 0.330 e. The molecule has 0 bridgehead atoms. The predicted molar refractivity (Wildman–Crippen MR) is 139 cm³/mol. The molecule has 0 N–H and O–H groups in total. The third kappa shape index (κ3) is 6.70. The minimum absolute atomic E-state index is 0.179. The Balaban J connectivity index is 1.83. The molecule has 0 aliphatic heterocycles. The summed E-state index contributed by atoms with van der Waals surface area (Å²) in [5, 5.41) is 9.02. The van der Waals surface area contributed by atoms with Gasteiger partial charge in [-0.2, -0.15) is 5.26 Å². The topological polar surface area (TPSA) is 53.3 Å². The van der Waals surface area contributed by atoms with E-state index >= 15 is 0 Å². The SMILES string of the molecule is CCOC(=O)C=CC=CC[C@@H](c1ccc(-c2ccc(C#N)cc2)cc1)c1ccc(N(C)C)cc1. The number of anilines is 1. The fourth-order valence-corrected chi connectivity index (χ4v) is 3.73. The van der Waals surface area contributed by atoms with E-state index in [1.807, 2.05) is 44.4 Å². The van der Waals surface area contributed by atoms with Crippen LogP contribution in [0.15, 0.2) is 97.1 Å². The quantitative estimate of drug-likeness (QED) is 0.212. The molecule has 3 rings (SSSR count). The van der Waals surface area contributed by atoms with Crippen LogP contribution in [0.2, 0.25) is 0 Å². The number of carbonyl (C=O) groups is 1. The first-order valence-electron chi connectivity index (χ1n) is 11.4. The Morgan fingerprint density at radius 2 is 1.47 bits per heavy atom. The number of benzene rings is 3. The molecule has 3 aromatic rings. The normalized spacial score (nSPS) is 11.9. The van der Waals surface area contributed by atoms with E-state index in [1.165, 1.54) is 17.2 Å². The molecule has 0 radical (unpaired) electrons. The highest BCUT2D eigenvalue weighted by Crippen LogP contribution is 2.31. The summed E-state index contributed by atoms with van der Waals surface area (Å²) < 4.78 is 4.92. The largest absolute Gasteiger partial charge is 0.463 e. The molecule has 1 atom stereocenters. The Hall–Kier alpha value is -4.10. The van der Waals surface area contributed by atoms with Gasteiger partial charge in [-0.15, -0.1) is 0 Å². The van der Waals surface area contributed by atoms with E-state index in [4.69, 9.17) is 10.00 Å². The Morgan fingerprint density at radius 1 is 0.912 bits per heavy atom. The lowest BCUT2D eigenvalue weighted by Gasteiger charge is -2.19. The van der Waals surface area contributed by atoms with Crippen molar-refractivity contribution in [2.45, 2.75) is 19.3 Å². The van der Waals surface area contributed by atoms with Gasteiger partial charge in [0.05, 0.1) is 18.2 Å². The second-order valence-electron chi connectivity index (χ2n) is 8.12. The third-order valence-corrected chi connectivity index (χ3v) is 5.61. The Morgan fingerprint density at radius 3 is 2.00 bits per heavy atom. The van der Waals surface area contributed by atoms with Crippen molar-refractivity contribution in [3.8, 4) is 17.2 Å². The number of nitriles is 1. The van der Waals surface area contributed by atoms with Gasteiger partial charge in [0.2, 0.25) is 0 Å². The number of ether oxygens (including phenoxy) is 1. The molecule has 0 saturated carbocycles. The van der Waals surface area contributed by atoms with Crippen LogP contribution in [0.4, 0.5) is 5.69 Å². The summed E-state index contributed by atoms with van der Waals surface area (Å²) in [5.74, 6) is -0.153. The van der Waals surface area contributed by atoms with Crippen molar-refractivity contribution < 1.29 is 9.53 Å². The van der Waals surface area contributed by atoms with Gasteiger partial charge in [0, 0.05) is 31.8 Å². The molecule has 4 nitrogen and oxygen atoms in total. The van der Waals surface area contributed by atoms with Crippen LogP contribution in [0.3, 0.4) is 0 Å². The number of allylic oxidation sites excluding steroid dienone is 3. The number of hydrogen-bond donors (Lipinski definition) is 0. The highest BCUT2D eigenvalue weighted by Gasteiger charge is 2.13. The molecule has 34 heavy (non-hydrogen) atoms. The Bertz CT molecular complexity index is 1170. The summed E-state index contributed by atoms with van der Waals surface area (Å²) in [6.07, 6.45) is 7.92. The van der Waals surface area contributed by atoms with Gasteiger partial charge < -0.3 is 9.64 Å². The molecule has 0 aliphatic rings. The van der Waals surface area contributed by atoms with E-state index in [0.29, 0.717) is 12.2 Å². The lowest BCUT2D eigenvalue weighted by atomic mass is 9.87.